The van der Waals surface area contributed by atoms with Gasteiger partial charge < -0.3 is 15.1 Å². The van der Waals surface area contributed by atoms with Gasteiger partial charge in [-0.2, -0.15) is 0 Å². The fourth-order valence-corrected chi connectivity index (χ4v) is 2.40. The maximum Gasteiger partial charge on any atom is 0.292 e. The lowest BCUT2D eigenvalue weighted by molar-refractivity contribution is 0.0996. The third-order valence-corrected chi connectivity index (χ3v) is 3.61. The number of benzene rings is 1. The Morgan fingerprint density at radius 2 is 1.92 bits per heavy atom. The zero-order valence-electron chi connectivity index (χ0n) is 13.6. The molecule has 0 unspecified atom stereocenters. The number of amides is 1. The molecule has 0 saturated heterocycles. The number of aromatic nitrogens is 1. The number of nitrogens with zero attached hydrogens (tertiary/aromatic N) is 1. The Kier molecular flexibility index (Phi) is 4.61. The van der Waals surface area contributed by atoms with Crippen molar-refractivity contribution in [3.63, 3.8) is 0 Å². The highest BCUT2D eigenvalue weighted by Crippen LogP contribution is 2.26. The summed E-state index contributed by atoms with van der Waals surface area (Å²) in [5.74, 6) is 0.829. The van der Waals surface area contributed by atoms with Gasteiger partial charge in [-0.25, -0.2) is 4.98 Å². The molecule has 3 rings (SSSR count). The predicted molar refractivity (Wildman–Crippen MR) is 94.7 cm³/mol. The standard InChI is InChI=1S/C19H19N3O2/c1-13(2)15-6-3-4-7-16(15)21-14-9-10-18(20-12-14)22-19(23)17-8-5-11-24-17/h3-13,21H,1-2H3,(H,20,22,23). The van der Waals surface area contributed by atoms with Crippen LogP contribution < -0.4 is 10.6 Å². The van der Waals surface area contributed by atoms with Gasteiger partial charge in [0.1, 0.15) is 5.82 Å². The maximum absolute atomic E-state index is 11.9. The van der Waals surface area contributed by atoms with Crippen molar-refractivity contribution in [3.05, 3.63) is 72.3 Å². The van der Waals surface area contributed by atoms with Crippen molar-refractivity contribution in [1.82, 2.24) is 4.98 Å². The number of anilines is 3. The van der Waals surface area contributed by atoms with Crippen LogP contribution >= 0.6 is 0 Å². The van der Waals surface area contributed by atoms with Crippen molar-refractivity contribution >= 4 is 23.1 Å². The fraction of sp³-hybridized carbons (Fsp3) is 0.158. The van der Waals surface area contributed by atoms with Crippen LogP contribution in [0.15, 0.2) is 65.4 Å². The van der Waals surface area contributed by atoms with Gasteiger partial charge in [0.15, 0.2) is 5.76 Å². The first-order chi connectivity index (χ1) is 11.6. The second kappa shape index (κ2) is 7.00. The molecule has 0 aliphatic rings. The SMILES string of the molecule is CC(C)c1ccccc1Nc1ccc(NC(=O)c2ccco2)nc1. The largest absolute Gasteiger partial charge is 0.459 e. The van der Waals surface area contributed by atoms with Crippen LogP contribution in [-0.2, 0) is 0 Å². The first kappa shape index (κ1) is 15.8. The van der Waals surface area contributed by atoms with Gasteiger partial charge in [-0.3, -0.25) is 4.79 Å². The van der Waals surface area contributed by atoms with E-state index in [9.17, 15) is 4.79 Å². The molecule has 0 fully saturated rings. The molecule has 3 aromatic rings. The molecular formula is C19H19N3O2. The van der Waals surface area contributed by atoms with Crippen molar-refractivity contribution in [2.24, 2.45) is 0 Å². The molecule has 24 heavy (non-hydrogen) atoms. The van der Waals surface area contributed by atoms with Crippen molar-refractivity contribution in [2.45, 2.75) is 19.8 Å². The Balaban J connectivity index is 1.70. The number of hydrogen-bond acceptors (Lipinski definition) is 4. The number of nitrogens with one attached hydrogen (secondary N) is 2. The molecule has 2 aromatic heterocycles. The van der Waals surface area contributed by atoms with Gasteiger partial charge in [0.25, 0.3) is 5.91 Å². The highest BCUT2D eigenvalue weighted by molar-refractivity contribution is 6.01. The monoisotopic (exact) mass is 321 g/mol. The van der Waals surface area contributed by atoms with Gasteiger partial charge in [0, 0.05) is 5.69 Å². The van der Waals surface area contributed by atoms with E-state index in [-0.39, 0.29) is 11.7 Å². The normalized spacial score (nSPS) is 10.6. The molecule has 0 radical (unpaired) electrons. The molecule has 0 aliphatic carbocycles. The quantitative estimate of drug-likeness (QED) is 0.708. The molecule has 0 aliphatic heterocycles. The van der Waals surface area contributed by atoms with Crippen molar-refractivity contribution in [3.8, 4) is 0 Å². The first-order valence-corrected chi connectivity index (χ1v) is 7.80. The molecular weight excluding hydrogens is 302 g/mol. The Hall–Kier alpha value is -3.08. The summed E-state index contributed by atoms with van der Waals surface area (Å²) in [7, 11) is 0. The van der Waals surface area contributed by atoms with Crippen LogP contribution in [0, 0.1) is 0 Å². The van der Waals surface area contributed by atoms with E-state index in [2.05, 4.69) is 35.5 Å². The molecule has 1 amide bonds. The number of para-hydroxylation sites is 1. The molecule has 0 saturated carbocycles. The van der Waals surface area contributed by atoms with Crippen LogP contribution in [0.2, 0.25) is 0 Å². The number of hydrogen-bond donors (Lipinski definition) is 2. The topological polar surface area (TPSA) is 67.2 Å². The Bertz CT molecular complexity index is 809. The van der Waals surface area contributed by atoms with E-state index < -0.39 is 0 Å². The third kappa shape index (κ3) is 3.63. The molecule has 5 nitrogen and oxygen atoms in total. The summed E-state index contributed by atoms with van der Waals surface area (Å²) in [5.41, 5.74) is 3.16. The van der Waals surface area contributed by atoms with E-state index in [4.69, 9.17) is 4.42 Å². The van der Waals surface area contributed by atoms with E-state index in [0.717, 1.165) is 11.4 Å². The molecule has 0 atom stereocenters. The van der Waals surface area contributed by atoms with Crippen LogP contribution in [0.4, 0.5) is 17.2 Å². The minimum atomic E-state index is -0.321. The van der Waals surface area contributed by atoms with E-state index in [0.29, 0.717) is 11.7 Å². The number of carbonyl (C=O) groups is 1. The maximum atomic E-state index is 11.9. The summed E-state index contributed by atoms with van der Waals surface area (Å²) in [6.45, 7) is 4.32. The predicted octanol–water partition coefficient (Wildman–Crippen LogP) is 4.79. The number of pyridine rings is 1. The second-order valence-electron chi connectivity index (χ2n) is 5.73. The smallest absolute Gasteiger partial charge is 0.292 e. The molecule has 0 bridgehead atoms. The second-order valence-corrected chi connectivity index (χ2v) is 5.73. The summed E-state index contributed by atoms with van der Waals surface area (Å²) in [6.07, 6.45) is 3.15. The highest BCUT2D eigenvalue weighted by atomic mass is 16.3. The third-order valence-electron chi connectivity index (χ3n) is 3.61. The van der Waals surface area contributed by atoms with Gasteiger partial charge >= 0.3 is 0 Å². The van der Waals surface area contributed by atoms with Crippen molar-refractivity contribution < 1.29 is 9.21 Å². The van der Waals surface area contributed by atoms with Crippen molar-refractivity contribution in [1.29, 1.82) is 0 Å². The van der Waals surface area contributed by atoms with E-state index in [1.54, 1.807) is 24.4 Å². The number of carbonyl (C=O) groups excluding carboxylic acids is 1. The van der Waals surface area contributed by atoms with Crippen LogP contribution in [0.5, 0.6) is 0 Å². The van der Waals surface area contributed by atoms with Crippen LogP contribution in [0.1, 0.15) is 35.9 Å². The zero-order valence-corrected chi connectivity index (χ0v) is 13.6. The number of rotatable bonds is 5. The van der Waals surface area contributed by atoms with E-state index >= 15 is 0 Å². The first-order valence-electron chi connectivity index (χ1n) is 7.80. The molecule has 2 N–H and O–H groups in total. The van der Waals surface area contributed by atoms with E-state index in [1.807, 2.05) is 24.3 Å². The van der Waals surface area contributed by atoms with E-state index in [1.165, 1.54) is 11.8 Å². The molecule has 0 spiro atoms. The summed E-state index contributed by atoms with van der Waals surface area (Å²) < 4.78 is 5.05. The summed E-state index contributed by atoms with van der Waals surface area (Å²) >= 11 is 0. The molecule has 2 heterocycles. The van der Waals surface area contributed by atoms with Crippen LogP contribution in [-0.4, -0.2) is 10.9 Å². The van der Waals surface area contributed by atoms with Gasteiger partial charge in [-0.1, -0.05) is 32.0 Å². The minimum Gasteiger partial charge on any atom is -0.459 e. The van der Waals surface area contributed by atoms with Crippen molar-refractivity contribution in [2.75, 3.05) is 10.6 Å². The Morgan fingerprint density at radius 3 is 2.58 bits per heavy atom. The fourth-order valence-electron chi connectivity index (χ4n) is 2.40. The number of furan rings is 1. The lowest BCUT2D eigenvalue weighted by Crippen LogP contribution is -2.11. The lowest BCUT2D eigenvalue weighted by Gasteiger charge is -2.14. The zero-order chi connectivity index (χ0) is 16.9. The summed E-state index contributed by atoms with van der Waals surface area (Å²) in [4.78, 5) is 16.2. The van der Waals surface area contributed by atoms with Crippen LogP contribution in [0.3, 0.4) is 0 Å². The molecule has 5 heteroatoms. The Labute approximate surface area is 140 Å². The van der Waals surface area contributed by atoms with Gasteiger partial charge in [0.2, 0.25) is 0 Å². The average Bonchev–Trinajstić information content (AvgIpc) is 3.11. The summed E-state index contributed by atoms with van der Waals surface area (Å²) in [6, 6.07) is 15.1. The minimum absolute atomic E-state index is 0.255. The average molecular weight is 321 g/mol. The highest BCUT2D eigenvalue weighted by Gasteiger charge is 2.10. The van der Waals surface area contributed by atoms with Gasteiger partial charge in [-0.15, -0.1) is 0 Å². The molecule has 122 valence electrons. The Morgan fingerprint density at radius 1 is 1.08 bits per heavy atom. The molecule has 1 aromatic carbocycles. The summed E-state index contributed by atoms with van der Waals surface area (Å²) in [5, 5.41) is 6.06. The van der Waals surface area contributed by atoms with Crippen LogP contribution in [0.25, 0.3) is 0 Å². The van der Waals surface area contributed by atoms with Gasteiger partial charge in [-0.05, 0) is 41.8 Å². The van der Waals surface area contributed by atoms with Gasteiger partial charge in [0.05, 0.1) is 18.1 Å². The lowest BCUT2D eigenvalue weighted by atomic mass is 10.0.